The highest BCUT2D eigenvalue weighted by molar-refractivity contribution is 6.32. The van der Waals surface area contributed by atoms with Crippen LogP contribution in [-0.2, 0) is 19.1 Å². The van der Waals surface area contributed by atoms with Crippen molar-refractivity contribution in [3.05, 3.63) is 51.3 Å². The maximum atomic E-state index is 13.2. The molecular weight excluding hydrogens is 406 g/mol. The average molecular weight is 432 g/mol. The molecule has 2 aliphatic heterocycles. The summed E-state index contributed by atoms with van der Waals surface area (Å²) in [5, 5.41) is 3.73. The topological polar surface area (TPSA) is 73.9 Å². The lowest BCUT2D eigenvalue weighted by molar-refractivity contribution is -0.142. The van der Waals surface area contributed by atoms with Crippen LogP contribution in [0.15, 0.2) is 40.7 Å². The van der Waals surface area contributed by atoms with E-state index in [0.717, 1.165) is 36.9 Å². The van der Waals surface area contributed by atoms with Crippen LogP contribution in [0.3, 0.4) is 0 Å². The molecule has 1 aliphatic carbocycles. The van der Waals surface area contributed by atoms with Gasteiger partial charge < -0.3 is 19.5 Å². The molecule has 0 amide bonds. The van der Waals surface area contributed by atoms with Crippen molar-refractivity contribution in [1.82, 2.24) is 5.32 Å². The lowest BCUT2D eigenvalue weighted by Crippen LogP contribution is -2.35. The summed E-state index contributed by atoms with van der Waals surface area (Å²) in [6.45, 7) is 2.76. The summed E-state index contributed by atoms with van der Waals surface area (Å²) in [6.07, 6.45) is 3.84. The molecule has 30 heavy (non-hydrogen) atoms. The van der Waals surface area contributed by atoms with Gasteiger partial charge in [-0.2, -0.15) is 0 Å². The van der Waals surface area contributed by atoms with Crippen LogP contribution in [0, 0.1) is 0 Å². The number of carbonyl (C=O) groups is 2. The monoisotopic (exact) mass is 431 g/mol. The Labute approximate surface area is 181 Å². The summed E-state index contributed by atoms with van der Waals surface area (Å²) in [5.74, 6) is -0.355. The van der Waals surface area contributed by atoms with Crippen molar-refractivity contribution in [3.8, 4) is 5.75 Å². The molecule has 1 fully saturated rings. The number of ketones is 1. The van der Waals surface area contributed by atoms with Crippen LogP contribution >= 0.6 is 11.6 Å². The number of carbonyl (C=O) groups excluding carboxylic acids is 2. The van der Waals surface area contributed by atoms with Gasteiger partial charge in [0.1, 0.15) is 12.4 Å². The maximum absolute atomic E-state index is 13.2. The Hall–Kier alpha value is -2.31. The molecule has 1 aromatic rings. The molecule has 2 heterocycles. The summed E-state index contributed by atoms with van der Waals surface area (Å²) >= 11 is 6.38. The zero-order valence-electron chi connectivity index (χ0n) is 17.3. The van der Waals surface area contributed by atoms with E-state index in [-0.39, 0.29) is 18.5 Å². The lowest BCUT2D eigenvalue weighted by Gasteiger charge is -2.34. The summed E-state index contributed by atoms with van der Waals surface area (Å²) in [6, 6.07) is 5.38. The number of methoxy groups -OCH3 is 1. The van der Waals surface area contributed by atoms with E-state index in [1.54, 1.807) is 19.2 Å². The third-order valence-electron chi connectivity index (χ3n) is 5.93. The van der Waals surface area contributed by atoms with Crippen LogP contribution < -0.4 is 10.1 Å². The van der Waals surface area contributed by atoms with Crippen molar-refractivity contribution < 1.29 is 23.8 Å². The van der Waals surface area contributed by atoms with Gasteiger partial charge >= 0.3 is 5.97 Å². The average Bonchev–Trinajstić information content (AvgIpc) is 3.25. The molecule has 1 saturated heterocycles. The van der Waals surface area contributed by atoms with Crippen LogP contribution in [0.5, 0.6) is 5.75 Å². The van der Waals surface area contributed by atoms with Crippen LogP contribution in [0.4, 0.5) is 0 Å². The number of Topliss-reactive ketones (excluding diaryl/α,β-unsaturated/α-hetero) is 1. The smallest absolute Gasteiger partial charge is 0.336 e. The second-order valence-electron chi connectivity index (χ2n) is 7.89. The molecule has 0 aromatic heterocycles. The molecule has 0 saturated carbocycles. The van der Waals surface area contributed by atoms with E-state index < -0.39 is 11.9 Å². The Kier molecular flexibility index (Phi) is 6.16. The van der Waals surface area contributed by atoms with Gasteiger partial charge in [-0.3, -0.25) is 4.79 Å². The van der Waals surface area contributed by atoms with Crippen LogP contribution in [0.25, 0.3) is 0 Å². The molecule has 2 atom stereocenters. The van der Waals surface area contributed by atoms with Gasteiger partial charge in [-0.15, -0.1) is 0 Å². The normalized spacial score (nSPS) is 23.9. The van der Waals surface area contributed by atoms with Crippen molar-refractivity contribution >= 4 is 23.4 Å². The van der Waals surface area contributed by atoms with Crippen LogP contribution in [0.1, 0.15) is 50.5 Å². The Morgan fingerprint density at radius 1 is 1.30 bits per heavy atom. The van der Waals surface area contributed by atoms with Gasteiger partial charge in [0.25, 0.3) is 0 Å². The summed E-state index contributed by atoms with van der Waals surface area (Å²) in [4.78, 5) is 26.1. The highest BCUT2D eigenvalue weighted by Crippen LogP contribution is 2.44. The van der Waals surface area contributed by atoms with Crippen LogP contribution in [-0.4, -0.2) is 38.2 Å². The van der Waals surface area contributed by atoms with Crippen molar-refractivity contribution in [2.75, 3.05) is 20.3 Å². The number of hydrogen-bond donors (Lipinski definition) is 1. The number of benzene rings is 1. The summed E-state index contributed by atoms with van der Waals surface area (Å²) < 4.78 is 16.5. The molecular formula is C23H26ClNO5. The summed E-state index contributed by atoms with van der Waals surface area (Å²) in [5.41, 5.74) is 3.45. The summed E-state index contributed by atoms with van der Waals surface area (Å²) in [7, 11) is 1.55. The zero-order valence-corrected chi connectivity index (χ0v) is 18.0. The number of hydrogen-bond acceptors (Lipinski definition) is 6. The molecule has 4 rings (SSSR count). The standard InChI is InChI=1S/C23H26ClNO5/c1-13-20(23(27)30-12-15-5-4-10-29-15)21(14-8-9-19(28-2)16(24)11-14)22-17(25-13)6-3-7-18(22)26/h8-9,11,15,21,25H,3-7,10,12H2,1-2H3/t15-,21+/m0/s1. The van der Waals surface area contributed by atoms with E-state index in [9.17, 15) is 9.59 Å². The molecule has 160 valence electrons. The molecule has 7 heteroatoms. The third kappa shape index (κ3) is 3.98. The third-order valence-corrected chi connectivity index (χ3v) is 6.22. The molecule has 0 unspecified atom stereocenters. The quantitative estimate of drug-likeness (QED) is 0.709. The molecule has 0 bridgehead atoms. The van der Waals surface area contributed by atoms with E-state index in [1.807, 2.05) is 13.0 Å². The Morgan fingerprint density at radius 3 is 2.83 bits per heavy atom. The minimum atomic E-state index is -0.519. The second-order valence-corrected chi connectivity index (χ2v) is 8.30. The first-order valence-corrected chi connectivity index (χ1v) is 10.7. The predicted molar refractivity (Wildman–Crippen MR) is 112 cm³/mol. The fourth-order valence-corrected chi connectivity index (χ4v) is 4.74. The largest absolute Gasteiger partial charge is 0.495 e. The Morgan fingerprint density at radius 2 is 2.13 bits per heavy atom. The van der Waals surface area contributed by atoms with Crippen molar-refractivity contribution in [2.24, 2.45) is 0 Å². The van der Waals surface area contributed by atoms with Gasteiger partial charge in [0.2, 0.25) is 0 Å². The number of esters is 1. The molecule has 6 nitrogen and oxygen atoms in total. The predicted octanol–water partition coefficient (Wildman–Crippen LogP) is 4.04. The first-order chi connectivity index (χ1) is 14.5. The maximum Gasteiger partial charge on any atom is 0.336 e. The molecule has 0 spiro atoms. The van der Waals surface area contributed by atoms with E-state index in [1.165, 1.54) is 0 Å². The number of rotatable bonds is 5. The number of halogens is 1. The number of allylic oxidation sites excluding steroid dienone is 3. The van der Waals surface area contributed by atoms with Gasteiger partial charge in [-0.05, 0) is 50.3 Å². The van der Waals surface area contributed by atoms with Crippen molar-refractivity contribution in [2.45, 2.75) is 51.0 Å². The second kappa shape index (κ2) is 8.82. The number of nitrogens with one attached hydrogen (secondary N) is 1. The van der Waals surface area contributed by atoms with Gasteiger partial charge in [0.15, 0.2) is 5.78 Å². The Bertz CT molecular complexity index is 930. The molecule has 1 aromatic carbocycles. The van der Waals surface area contributed by atoms with Gasteiger partial charge in [-0.1, -0.05) is 17.7 Å². The number of ether oxygens (including phenoxy) is 3. The lowest BCUT2D eigenvalue weighted by atomic mass is 9.75. The molecule has 0 radical (unpaired) electrons. The van der Waals surface area contributed by atoms with E-state index >= 15 is 0 Å². The van der Waals surface area contributed by atoms with Crippen molar-refractivity contribution in [3.63, 3.8) is 0 Å². The molecule has 1 N–H and O–H groups in total. The van der Waals surface area contributed by atoms with E-state index in [0.29, 0.717) is 40.6 Å². The van der Waals surface area contributed by atoms with Gasteiger partial charge in [-0.25, -0.2) is 4.79 Å². The Balaban J connectivity index is 1.71. The first-order valence-electron chi connectivity index (χ1n) is 10.4. The zero-order chi connectivity index (χ0) is 21.3. The van der Waals surface area contributed by atoms with E-state index in [4.69, 9.17) is 25.8 Å². The fourth-order valence-electron chi connectivity index (χ4n) is 4.47. The number of dihydropyridines is 1. The van der Waals surface area contributed by atoms with Gasteiger partial charge in [0.05, 0.1) is 23.8 Å². The highest BCUT2D eigenvalue weighted by Gasteiger charge is 2.39. The van der Waals surface area contributed by atoms with Crippen molar-refractivity contribution in [1.29, 1.82) is 0 Å². The molecule has 3 aliphatic rings. The SMILES string of the molecule is COc1ccc([C@@H]2C(C(=O)OC[C@@H]3CCCO3)=C(C)NC3=C2C(=O)CCC3)cc1Cl. The van der Waals surface area contributed by atoms with Crippen LogP contribution in [0.2, 0.25) is 5.02 Å². The first kappa shape index (κ1) is 20.9. The van der Waals surface area contributed by atoms with E-state index in [2.05, 4.69) is 5.32 Å². The minimum Gasteiger partial charge on any atom is -0.495 e. The minimum absolute atomic E-state index is 0.0533. The highest BCUT2D eigenvalue weighted by atomic mass is 35.5. The fraction of sp³-hybridized carbons (Fsp3) is 0.478. The van der Waals surface area contributed by atoms with Gasteiger partial charge in [0, 0.05) is 35.9 Å².